The normalized spacial score (nSPS) is 16.8. The van der Waals surface area contributed by atoms with Crippen LogP contribution in [0.1, 0.15) is 5.56 Å². The first kappa shape index (κ1) is 14.7. The number of carbonyl (C=O) groups excluding carboxylic acids is 1. The number of nitrogens with zero attached hydrogens (tertiary/aromatic N) is 1. The number of halogens is 2. The molecule has 0 saturated carbocycles. The van der Waals surface area contributed by atoms with Crippen LogP contribution in [0.15, 0.2) is 41.5 Å². The van der Waals surface area contributed by atoms with Crippen LogP contribution in [-0.2, 0) is 4.79 Å². The van der Waals surface area contributed by atoms with E-state index < -0.39 is 0 Å². The Morgan fingerprint density at radius 2 is 2.16 bits per heavy atom. The fraction of sp³-hybridized carbons (Fsp3) is 0.0769. The van der Waals surface area contributed by atoms with Gasteiger partial charge in [-0.05, 0) is 35.5 Å². The summed E-state index contributed by atoms with van der Waals surface area (Å²) in [5, 5.41) is 0.888. The van der Waals surface area contributed by atoms with E-state index in [1.165, 1.54) is 11.8 Å². The van der Waals surface area contributed by atoms with E-state index in [0.29, 0.717) is 15.7 Å². The predicted molar refractivity (Wildman–Crippen MR) is 87.1 cm³/mol. The first-order valence-electron chi connectivity index (χ1n) is 5.31. The molecule has 0 aromatic heterocycles. The molecule has 98 valence electrons. The molecule has 19 heavy (non-hydrogen) atoms. The van der Waals surface area contributed by atoms with Gasteiger partial charge in [-0.15, -0.1) is 6.58 Å². The molecule has 2 rings (SSSR count). The van der Waals surface area contributed by atoms with Crippen LogP contribution in [0.3, 0.4) is 0 Å². The van der Waals surface area contributed by atoms with Crippen molar-refractivity contribution in [2.24, 2.45) is 4.99 Å². The van der Waals surface area contributed by atoms with Gasteiger partial charge in [0, 0.05) is 5.75 Å². The zero-order chi connectivity index (χ0) is 13.8. The molecule has 0 bridgehead atoms. The summed E-state index contributed by atoms with van der Waals surface area (Å²) < 4.78 is 0.746. The Kier molecular flexibility index (Phi) is 5.16. The Bertz CT molecular complexity index is 596. The van der Waals surface area contributed by atoms with E-state index in [1.54, 1.807) is 30.4 Å². The maximum absolute atomic E-state index is 11.8. The van der Waals surface area contributed by atoms with Gasteiger partial charge in [-0.1, -0.05) is 47.1 Å². The average Bonchev–Trinajstić information content (AvgIpc) is 2.72. The molecule has 1 aromatic carbocycles. The summed E-state index contributed by atoms with van der Waals surface area (Å²) >= 11 is 14.4. The van der Waals surface area contributed by atoms with Crippen LogP contribution < -0.4 is 0 Å². The van der Waals surface area contributed by atoms with Gasteiger partial charge in [0.1, 0.15) is 10.1 Å². The van der Waals surface area contributed by atoms with Crippen LogP contribution in [0.4, 0.5) is 0 Å². The van der Waals surface area contributed by atoms with E-state index in [1.807, 2.05) is 0 Å². The quantitative estimate of drug-likeness (QED) is 0.584. The second kappa shape index (κ2) is 6.66. The van der Waals surface area contributed by atoms with E-state index in [0.717, 1.165) is 27.5 Å². The van der Waals surface area contributed by atoms with Crippen molar-refractivity contribution >= 4 is 62.3 Å². The Morgan fingerprint density at radius 1 is 1.37 bits per heavy atom. The van der Waals surface area contributed by atoms with Gasteiger partial charge in [-0.2, -0.15) is 0 Å². The second-order valence-electron chi connectivity index (χ2n) is 3.57. The summed E-state index contributed by atoms with van der Waals surface area (Å²) in [6, 6.07) is 5.20. The molecule has 0 unspecified atom stereocenters. The third kappa shape index (κ3) is 3.89. The Balaban J connectivity index is 2.22. The van der Waals surface area contributed by atoms with Crippen molar-refractivity contribution in [3.05, 3.63) is 52.2 Å². The predicted octanol–water partition coefficient (Wildman–Crippen LogP) is 4.88. The number of hydrogen-bond donors (Lipinski definition) is 0. The molecule has 0 fully saturated rings. The maximum Gasteiger partial charge on any atom is 0.244 e. The zero-order valence-corrected chi connectivity index (χ0v) is 12.9. The van der Waals surface area contributed by atoms with E-state index in [9.17, 15) is 4.79 Å². The minimum absolute atomic E-state index is 0.0577. The second-order valence-corrected chi connectivity index (χ2v) is 6.61. The van der Waals surface area contributed by atoms with E-state index >= 15 is 0 Å². The molecule has 0 atom stereocenters. The first-order valence-corrected chi connectivity index (χ1v) is 7.87. The molecule has 0 N–H and O–H groups in total. The van der Waals surface area contributed by atoms with Crippen molar-refractivity contribution in [3.63, 3.8) is 0 Å². The van der Waals surface area contributed by atoms with E-state index in [4.69, 9.17) is 23.2 Å². The maximum atomic E-state index is 11.8. The Morgan fingerprint density at radius 3 is 2.84 bits per heavy atom. The van der Waals surface area contributed by atoms with Gasteiger partial charge < -0.3 is 0 Å². The monoisotopic (exact) mass is 329 g/mol. The Hall–Kier alpha value is -0.680. The minimum atomic E-state index is -0.0577. The summed E-state index contributed by atoms with van der Waals surface area (Å²) in [6.45, 7) is 3.63. The molecular weight excluding hydrogens is 321 g/mol. The van der Waals surface area contributed by atoms with Gasteiger partial charge in [0.05, 0.1) is 10.0 Å². The molecule has 0 radical (unpaired) electrons. The summed E-state index contributed by atoms with van der Waals surface area (Å²) in [7, 11) is 0. The van der Waals surface area contributed by atoms with E-state index in [-0.39, 0.29) is 5.12 Å². The van der Waals surface area contributed by atoms with Gasteiger partial charge in [-0.3, -0.25) is 4.79 Å². The molecule has 0 spiro atoms. The van der Waals surface area contributed by atoms with Crippen molar-refractivity contribution in [1.82, 2.24) is 0 Å². The molecule has 1 aliphatic rings. The van der Waals surface area contributed by atoms with Crippen LogP contribution in [-0.4, -0.2) is 15.2 Å². The standard InChI is InChI=1S/C13H9Cl2NOS2/c1-2-5-18-13-16-11(12(17)19-13)7-8-3-4-9(14)10(15)6-8/h2-4,6-7H,1,5H2/b11-7-. The summed E-state index contributed by atoms with van der Waals surface area (Å²) in [6.07, 6.45) is 3.48. The van der Waals surface area contributed by atoms with Crippen molar-refractivity contribution < 1.29 is 4.79 Å². The fourth-order valence-electron chi connectivity index (χ4n) is 1.34. The van der Waals surface area contributed by atoms with Gasteiger partial charge in [0.15, 0.2) is 0 Å². The number of aliphatic imine (C=N–C) groups is 1. The molecule has 1 heterocycles. The van der Waals surface area contributed by atoms with Crippen molar-refractivity contribution in [3.8, 4) is 0 Å². The van der Waals surface area contributed by atoms with Crippen LogP contribution in [0.25, 0.3) is 6.08 Å². The number of carbonyl (C=O) groups is 1. The molecule has 1 aromatic rings. The van der Waals surface area contributed by atoms with E-state index in [2.05, 4.69) is 11.6 Å². The van der Waals surface area contributed by atoms with Gasteiger partial charge in [0.25, 0.3) is 0 Å². The molecule has 0 saturated heterocycles. The van der Waals surface area contributed by atoms with Gasteiger partial charge in [0.2, 0.25) is 5.12 Å². The number of hydrogen-bond acceptors (Lipinski definition) is 4. The highest BCUT2D eigenvalue weighted by Gasteiger charge is 2.22. The van der Waals surface area contributed by atoms with Crippen LogP contribution in [0.5, 0.6) is 0 Å². The summed E-state index contributed by atoms with van der Waals surface area (Å²) in [5.41, 5.74) is 1.23. The third-order valence-electron chi connectivity index (χ3n) is 2.17. The lowest BCUT2D eigenvalue weighted by molar-refractivity contribution is -0.107. The molecular formula is C13H9Cl2NOS2. The van der Waals surface area contributed by atoms with Gasteiger partial charge >= 0.3 is 0 Å². The highest BCUT2D eigenvalue weighted by molar-refractivity contribution is 8.45. The average molecular weight is 330 g/mol. The molecule has 1 aliphatic heterocycles. The Labute approximate surface area is 130 Å². The molecule has 0 aliphatic carbocycles. The van der Waals surface area contributed by atoms with Crippen LogP contribution in [0.2, 0.25) is 10.0 Å². The SMILES string of the molecule is C=CCSC1=N/C(=C\c2ccc(Cl)c(Cl)c2)C(=O)S1. The summed E-state index contributed by atoms with van der Waals surface area (Å²) in [5.74, 6) is 0.735. The summed E-state index contributed by atoms with van der Waals surface area (Å²) in [4.78, 5) is 16.1. The highest BCUT2D eigenvalue weighted by Crippen LogP contribution is 2.31. The highest BCUT2D eigenvalue weighted by atomic mass is 35.5. The van der Waals surface area contributed by atoms with Crippen molar-refractivity contribution in [2.75, 3.05) is 5.75 Å². The molecule has 2 nitrogen and oxygen atoms in total. The topological polar surface area (TPSA) is 29.4 Å². The molecule has 0 amide bonds. The largest absolute Gasteiger partial charge is 0.279 e. The number of benzene rings is 1. The number of thioether (sulfide) groups is 2. The number of rotatable bonds is 3. The molecule has 6 heteroatoms. The van der Waals surface area contributed by atoms with Crippen molar-refractivity contribution in [1.29, 1.82) is 0 Å². The smallest absolute Gasteiger partial charge is 0.244 e. The van der Waals surface area contributed by atoms with Crippen LogP contribution in [0, 0.1) is 0 Å². The van der Waals surface area contributed by atoms with Crippen LogP contribution >= 0.6 is 46.7 Å². The third-order valence-corrected chi connectivity index (χ3v) is 4.92. The zero-order valence-electron chi connectivity index (χ0n) is 9.73. The van der Waals surface area contributed by atoms with Crippen molar-refractivity contribution in [2.45, 2.75) is 0 Å². The fourth-order valence-corrected chi connectivity index (χ4v) is 3.25. The first-order chi connectivity index (χ1) is 9.10. The van der Waals surface area contributed by atoms with Gasteiger partial charge in [-0.25, -0.2) is 4.99 Å². The minimum Gasteiger partial charge on any atom is -0.279 e. The lowest BCUT2D eigenvalue weighted by Gasteiger charge is -1.98. The lowest BCUT2D eigenvalue weighted by atomic mass is 10.2. The lowest BCUT2D eigenvalue weighted by Crippen LogP contribution is -1.88.